The molecule has 3 N–H and O–H groups in total. The summed E-state index contributed by atoms with van der Waals surface area (Å²) in [6.07, 6.45) is 0.574. The highest BCUT2D eigenvalue weighted by Crippen LogP contribution is 2.27. The summed E-state index contributed by atoms with van der Waals surface area (Å²) >= 11 is 0. The van der Waals surface area contributed by atoms with E-state index in [4.69, 9.17) is 9.84 Å². The van der Waals surface area contributed by atoms with Crippen LogP contribution < -0.4 is 15.4 Å². The van der Waals surface area contributed by atoms with Crippen molar-refractivity contribution in [1.82, 2.24) is 15.5 Å². The zero-order valence-corrected chi connectivity index (χ0v) is 15.4. The largest absolute Gasteiger partial charge is 0.491 e. The maximum Gasteiger partial charge on any atom is 0.322 e. The average molecular weight is 401 g/mol. The normalized spacial score (nSPS) is 18.1. The molecule has 2 aromatic rings. The van der Waals surface area contributed by atoms with Gasteiger partial charge in [-0.25, -0.2) is 9.18 Å². The van der Waals surface area contributed by atoms with Crippen LogP contribution in [0.1, 0.15) is 11.1 Å². The molecule has 2 aromatic carbocycles. The molecule has 3 rings (SSSR count). The van der Waals surface area contributed by atoms with Gasteiger partial charge < -0.3 is 20.1 Å². The number of urea groups is 1. The number of imide groups is 1. The molecule has 0 unspecified atom stereocenters. The second-order valence-electron chi connectivity index (χ2n) is 6.55. The number of amides is 4. The van der Waals surface area contributed by atoms with Gasteiger partial charge in [-0.05, 0) is 35.4 Å². The first kappa shape index (κ1) is 20.3. The van der Waals surface area contributed by atoms with Crippen LogP contribution in [0.15, 0.2) is 48.5 Å². The van der Waals surface area contributed by atoms with Crippen LogP contribution >= 0.6 is 0 Å². The van der Waals surface area contributed by atoms with Crippen molar-refractivity contribution in [3.8, 4) is 5.75 Å². The highest BCUT2D eigenvalue weighted by Gasteiger charge is 2.48. The van der Waals surface area contributed by atoms with E-state index in [-0.39, 0.29) is 26.3 Å². The number of nitrogens with zero attached hydrogens (tertiary/aromatic N) is 1. The fraction of sp³-hybridized carbons (Fsp3) is 0.250. The zero-order chi connectivity index (χ0) is 20.9. The predicted molar refractivity (Wildman–Crippen MR) is 100 cm³/mol. The first-order valence-corrected chi connectivity index (χ1v) is 8.88. The molecule has 152 valence electrons. The number of carbonyl (C=O) groups is 3. The van der Waals surface area contributed by atoms with Crippen molar-refractivity contribution in [2.24, 2.45) is 0 Å². The monoisotopic (exact) mass is 401 g/mol. The lowest BCUT2D eigenvalue weighted by molar-refractivity contribution is -0.127. The van der Waals surface area contributed by atoms with Gasteiger partial charge in [0.15, 0.2) is 5.54 Å². The van der Waals surface area contributed by atoms with Gasteiger partial charge in [-0.3, -0.25) is 14.9 Å². The van der Waals surface area contributed by atoms with E-state index < -0.39 is 23.3 Å². The van der Waals surface area contributed by atoms with Crippen molar-refractivity contribution in [2.45, 2.75) is 12.1 Å². The summed E-state index contributed by atoms with van der Waals surface area (Å²) in [4.78, 5) is 37.5. The lowest BCUT2D eigenvalue weighted by Crippen LogP contribution is -2.52. The van der Waals surface area contributed by atoms with Crippen molar-refractivity contribution in [1.29, 1.82) is 0 Å². The number of hydrogen-bond donors (Lipinski definition) is 3. The summed E-state index contributed by atoms with van der Waals surface area (Å²) < 4.78 is 18.7. The van der Waals surface area contributed by atoms with Gasteiger partial charge in [0.2, 0.25) is 6.41 Å². The third-order valence-electron chi connectivity index (χ3n) is 4.51. The summed E-state index contributed by atoms with van der Waals surface area (Å²) in [6.45, 7) is 0.00771. The topological polar surface area (TPSA) is 108 Å². The number of carbonyl (C=O) groups excluding carboxylic acids is 3. The second-order valence-corrected chi connectivity index (χ2v) is 6.55. The van der Waals surface area contributed by atoms with Crippen molar-refractivity contribution >= 4 is 18.3 Å². The number of hydrogen-bond acceptors (Lipinski definition) is 5. The fourth-order valence-electron chi connectivity index (χ4n) is 3.20. The van der Waals surface area contributed by atoms with E-state index in [0.29, 0.717) is 17.7 Å². The van der Waals surface area contributed by atoms with Gasteiger partial charge in [0.05, 0.1) is 13.2 Å². The Kier molecular flexibility index (Phi) is 6.08. The summed E-state index contributed by atoms with van der Waals surface area (Å²) in [5.74, 6) is -0.580. The van der Waals surface area contributed by atoms with Gasteiger partial charge in [-0.2, -0.15) is 0 Å². The molecule has 0 saturated carbocycles. The lowest BCUT2D eigenvalue weighted by atomic mass is 9.89. The van der Waals surface area contributed by atoms with Gasteiger partial charge in [0.1, 0.15) is 18.2 Å². The van der Waals surface area contributed by atoms with Crippen LogP contribution in [0.25, 0.3) is 0 Å². The molecule has 0 bridgehead atoms. The predicted octanol–water partition coefficient (Wildman–Crippen LogP) is 0.890. The van der Waals surface area contributed by atoms with Gasteiger partial charge in [-0.1, -0.05) is 24.3 Å². The molecule has 1 atom stereocenters. The third kappa shape index (κ3) is 4.52. The minimum atomic E-state index is -1.53. The molecule has 1 aliphatic rings. The number of rotatable bonds is 9. The minimum absolute atomic E-state index is 0.125. The number of aliphatic hydroxyl groups excluding tert-OH is 1. The summed E-state index contributed by atoms with van der Waals surface area (Å²) in [5, 5.41) is 13.6. The van der Waals surface area contributed by atoms with Gasteiger partial charge in [0.25, 0.3) is 5.91 Å². The van der Waals surface area contributed by atoms with Crippen molar-refractivity contribution in [3.05, 3.63) is 65.5 Å². The Bertz CT molecular complexity index is 905. The van der Waals surface area contributed by atoms with Crippen LogP contribution in [0.5, 0.6) is 5.75 Å². The van der Waals surface area contributed by atoms with Crippen LogP contribution in [0, 0.1) is 5.82 Å². The maximum atomic E-state index is 13.3. The van der Waals surface area contributed by atoms with E-state index in [1.54, 1.807) is 24.3 Å². The van der Waals surface area contributed by atoms with Crippen LogP contribution in [0.3, 0.4) is 0 Å². The summed E-state index contributed by atoms with van der Waals surface area (Å²) in [5.41, 5.74) is -0.447. The fourth-order valence-corrected chi connectivity index (χ4v) is 3.20. The van der Waals surface area contributed by atoms with E-state index in [2.05, 4.69) is 10.6 Å². The number of benzene rings is 2. The van der Waals surface area contributed by atoms with E-state index in [0.717, 1.165) is 5.56 Å². The van der Waals surface area contributed by atoms with E-state index in [1.807, 2.05) is 0 Å². The van der Waals surface area contributed by atoms with E-state index >= 15 is 0 Å². The Labute approximate surface area is 166 Å². The summed E-state index contributed by atoms with van der Waals surface area (Å²) in [7, 11) is 0. The first-order valence-electron chi connectivity index (χ1n) is 8.88. The number of nitrogens with one attached hydrogen (secondary N) is 2. The SMILES string of the molecule is O=CN(Cc1cccc(OCCO)c1)C[C@@]1(c2ccc(F)cc2)NC(=O)NC1=O. The van der Waals surface area contributed by atoms with Crippen molar-refractivity contribution in [3.63, 3.8) is 0 Å². The Morgan fingerprint density at radius 3 is 2.55 bits per heavy atom. The molecule has 1 aliphatic heterocycles. The molecule has 4 amide bonds. The Balaban J connectivity index is 1.84. The lowest BCUT2D eigenvalue weighted by Gasteiger charge is -2.31. The molecule has 9 heteroatoms. The quantitative estimate of drug-likeness (QED) is 0.427. The molecule has 29 heavy (non-hydrogen) atoms. The van der Waals surface area contributed by atoms with Gasteiger partial charge >= 0.3 is 6.03 Å². The van der Waals surface area contributed by atoms with Gasteiger partial charge in [0, 0.05) is 6.54 Å². The zero-order valence-electron chi connectivity index (χ0n) is 15.4. The Morgan fingerprint density at radius 2 is 1.93 bits per heavy atom. The summed E-state index contributed by atoms with van der Waals surface area (Å²) in [6, 6.07) is 11.4. The molecular formula is C20H20FN3O5. The average Bonchev–Trinajstić information content (AvgIpc) is 3.00. The van der Waals surface area contributed by atoms with E-state index in [1.165, 1.54) is 29.2 Å². The molecule has 8 nitrogen and oxygen atoms in total. The number of halogens is 1. The molecule has 0 radical (unpaired) electrons. The molecule has 1 saturated heterocycles. The molecular weight excluding hydrogens is 381 g/mol. The van der Waals surface area contributed by atoms with E-state index in [9.17, 15) is 18.8 Å². The smallest absolute Gasteiger partial charge is 0.322 e. The van der Waals surface area contributed by atoms with Crippen LogP contribution in [0.4, 0.5) is 9.18 Å². The minimum Gasteiger partial charge on any atom is -0.491 e. The van der Waals surface area contributed by atoms with Crippen molar-refractivity contribution < 1.29 is 28.6 Å². The van der Waals surface area contributed by atoms with Gasteiger partial charge in [-0.15, -0.1) is 0 Å². The molecule has 0 aromatic heterocycles. The highest BCUT2D eigenvalue weighted by atomic mass is 19.1. The molecule has 1 heterocycles. The third-order valence-corrected chi connectivity index (χ3v) is 4.51. The highest BCUT2D eigenvalue weighted by molar-refractivity contribution is 6.07. The molecule has 0 spiro atoms. The second kappa shape index (κ2) is 8.70. The maximum absolute atomic E-state index is 13.3. The number of ether oxygens (including phenoxy) is 1. The van der Waals surface area contributed by atoms with Crippen LogP contribution in [0.2, 0.25) is 0 Å². The van der Waals surface area contributed by atoms with Crippen molar-refractivity contribution in [2.75, 3.05) is 19.8 Å². The number of aliphatic hydroxyl groups is 1. The molecule has 0 aliphatic carbocycles. The Hall–Kier alpha value is -3.46. The first-order chi connectivity index (χ1) is 14.0. The molecule has 1 fully saturated rings. The Morgan fingerprint density at radius 1 is 1.17 bits per heavy atom. The standard InChI is InChI=1S/C20H20FN3O5/c21-16-6-4-15(5-7-16)20(18(27)22-19(28)23-20)12-24(13-26)11-14-2-1-3-17(10-14)29-9-8-25/h1-7,10,13,25H,8-9,11-12H2,(H2,22,23,27,28)/t20-/m0/s1. The van der Waals surface area contributed by atoms with Crippen LogP contribution in [-0.2, 0) is 21.7 Å². The van der Waals surface area contributed by atoms with Crippen LogP contribution in [-0.4, -0.2) is 48.1 Å².